The fourth-order valence-electron chi connectivity index (χ4n) is 3.23. The van der Waals surface area contributed by atoms with E-state index in [1.54, 1.807) is 24.3 Å². The zero-order valence-electron chi connectivity index (χ0n) is 17.8. The lowest BCUT2D eigenvalue weighted by Crippen LogP contribution is -2.30. The van der Waals surface area contributed by atoms with E-state index < -0.39 is 0 Å². The van der Waals surface area contributed by atoms with Gasteiger partial charge < -0.3 is 20.7 Å². The predicted octanol–water partition coefficient (Wildman–Crippen LogP) is 4.52. The van der Waals surface area contributed by atoms with Gasteiger partial charge in [0.2, 0.25) is 0 Å². The van der Waals surface area contributed by atoms with Crippen LogP contribution in [0.25, 0.3) is 0 Å². The van der Waals surface area contributed by atoms with Gasteiger partial charge >= 0.3 is 6.03 Å². The molecule has 3 aromatic carbocycles. The smallest absolute Gasteiger partial charge is 0.319 e. The van der Waals surface area contributed by atoms with Crippen molar-refractivity contribution in [3.8, 4) is 5.75 Å². The van der Waals surface area contributed by atoms with E-state index in [0.717, 1.165) is 29.7 Å². The second-order valence-electron chi connectivity index (χ2n) is 7.88. The van der Waals surface area contributed by atoms with Crippen LogP contribution in [0.4, 0.5) is 10.5 Å². The highest BCUT2D eigenvalue weighted by Crippen LogP contribution is 2.19. The summed E-state index contributed by atoms with van der Waals surface area (Å²) in [5, 5.41) is 8.57. The Morgan fingerprint density at radius 1 is 0.875 bits per heavy atom. The maximum absolute atomic E-state index is 12.5. The normalized spacial score (nSPS) is 12.6. The molecule has 3 amide bonds. The van der Waals surface area contributed by atoms with E-state index in [2.05, 4.69) is 16.0 Å². The molecule has 0 aromatic heterocycles. The Labute approximate surface area is 188 Å². The minimum Gasteiger partial charge on any atom is -0.489 e. The average molecular weight is 430 g/mol. The zero-order valence-corrected chi connectivity index (χ0v) is 17.8. The Hall–Kier alpha value is -3.80. The summed E-state index contributed by atoms with van der Waals surface area (Å²) in [4.78, 5) is 24.4. The van der Waals surface area contributed by atoms with Gasteiger partial charge in [0.15, 0.2) is 0 Å². The predicted molar refractivity (Wildman–Crippen MR) is 125 cm³/mol. The van der Waals surface area contributed by atoms with Crippen LogP contribution in [0.5, 0.6) is 5.75 Å². The van der Waals surface area contributed by atoms with Gasteiger partial charge in [-0.3, -0.25) is 4.79 Å². The van der Waals surface area contributed by atoms with Gasteiger partial charge in [-0.15, -0.1) is 0 Å². The average Bonchev–Trinajstić information content (AvgIpc) is 3.63. The van der Waals surface area contributed by atoms with E-state index in [-0.39, 0.29) is 18.0 Å². The molecule has 0 radical (unpaired) electrons. The van der Waals surface area contributed by atoms with Crippen molar-refractivity contribution in [2.75, 3.05) is 11.9 Å². The summed E-state index contributed by atoms with van der Waals surface area (Å²) in [5.41, 5.74) is 3.35. The lowest BCUT2D eigenvalue weighted by molar-refractivity contribution is 0.0954. The number of anilines is 1. The lowest BCUT2D eigenvalue weighted by atomic mass is 10.1. The number of carbonyl (C=O) groups is 2. The molecule has 32 heavy (non-hydrogen) atoms. The van der Waals surface area contributed by atoms with Gasteiger partial charge in [0.25, 0.3) is 5.91 Å². The number of nitrogens with one attached hydrogen (secondary N) is 3. The highest BCUT2D eigenvalue weighted by Gasteiger charge is 2.23. The first kappa shape index (κ1) is 21.4. The summed E-state index contributed by atoms with van der Waals surface area (Å²) in [6, 6.07) is 24.9. The molecule has 4 rings (SSSR count). The van der Waals surface area contributed by atoms with Crippen molar-refractivity contribution >= 4 is 17.6 Å². The number of amides is 3. The van der Waals surface area contributed by atoms with Gasteiger partial charge in [0.05, 0.1) is 0 Å². The van der Waals surface area contributed by atoms with Crippen LogP contribution in [0, 0.1) is 0 Å². The topological polar surface area (TPSA) is 79.5 Å². The molecule has 6 nitrogen and oxygen atoms in total. The van der Waals surface area contributed by atoms with Crippen molar-refractivity contribution < 1.29 is 14.3 Å². The first-order valence-electron chi connectivity index (χ1n) is 10.9. The zero-order chi connectivity index (χ0) is 22.2. The van der Waals surface area contributed by atoms with Crippen molar-refractivity contribution in [1.29, 1.82) is 0 Å². The quantitative estimate of drug-likeness (QED) is 0.468. The van der Waals surface area contributed by atoms with Crippen LogP contribution in [0.1, 0.15) is 34.3 Å². The Morgan fingerprint density at radius 2 is 1.66 bits per heavy atom. The fourth-order valence-corrected chi connectivity index (χ4v) is 3.23. The van der Waals surface area contributed by atoms with E-state index in [0.29, 0.717) is 30.8 Å². The summed E-state index contributed by atoms with van der Waals surface area (Å²) in [6.07, 6.45) is 2.77. The van der Waals surface area contributed by atoms with Gasteiger partial charge in [-0.25, -0.2) is 4.79 Å². The van der Waals surface area contributed by atoms with Crippen molar-refractivity contribution in [3.63, 3.8) is 0 Å². The molecule has 1 fully saturated rings. The third-order valence-electron chi connectivity index (χ3n) is 5.17. The van der Waals surface area contributed by atoms with Gasteiger partial charge in [-0.2, -0.15) is 0 Å². The second-order valence-corrected chi connectivity index (χ2v) is 7.88. The third-order valence-corrected chi connectivity index (χ3v) is 5.17. The molecule has 0 saturated heterocycles. The highest BCUT2D eigenvalue weighted by atomic mass is 16.5. The van der Waals surface area contributed by atoms with Gasteiger partial charge in [0, 0.05) is 23.8 Å². The van der Waals surface area contributed by atoms with Gasteiger partial charge in [-0.1, -0.05) is 48.5 Å². The lowest BCUT2D eigenvalue weighted by Gasteiger charge is -2.10. The standard InChI is InChI=1S/C26H27N3O3/c30-25(21-7-4-8-23(17-21)29-26(31)28-22-11-12-22)27-16-15-19-9-13-24(14-10-19)32-18-20-5-2-1-3-6-20/h1-10,13-14,17,22H,11-12,15-16,18H2,(H,27,30)(H2,28,29,31). The molecule has 0 heterocycles. The summed E-state index contributed by atoms with van der Waals surface area (Å²) < 4.78 is 5.81. The molecular weight excluding hydrogens is 402 g/mol. The van der Waals surface area contributed by atoms with E-state index in [1.807, 2.05) is 54.6 Å². The summed E-state index contributed by atoms with van der Waals surface area (Å²) in [7, 11) is 0. The highest BCUT2D eigenvalue weighted by molar-refractivity contribution is 5.96. The van der Waals surface area contributed by atoms with Gasteiger partial charge in [0.1, 0.15) is 12.4 Å². The van der Waals surface area contributed by atoms with E-state index in [1.165, 1.54) is 0 Å². The van der Waals surface area contributed by atoms with Crippen LogP contribution in [0.2, 0.25) is 0 Å². The Bertz CT molecular complexity index is 1050. The number of hydrogen-bond donors (Lipinski definition) is 3. The van der Waals surface area contributed by atoms with Crippen LogP contribution < -0.4 is 20.7 Å². The Morgan fingerprint density at radius 3 is 2.41 bits per heavy atom. The molecule has 0 aliphatic heterocycles. The maximum Gasteiger partial charge on any atom is 0.319 e. The summed E-state index contributed by atoms with van der Waals surface area (Å²) >= 11 is 0. The Balaban J connectivity index is 1.21. The van der Waals surface area contributed by atoms with Crippen molar-refractivity contribution in [3.05, 3.63) is 95.6 Å². The van der Waals surface area contributed by atoms with Crippen molar-refractivity contribution in [2.45, 2.75) is 31.9 Å². The number of benzene rings is 3. The summed E-state index contributed by atoms with van der Waals surface area (Å²) in [6.45, 7) is 1.05. The molecule has 0 atom stereocenters. The molecule has 0 bridgehead atoms. The minimum atomic E-state index is -0.235. The molecule has 1 saturated carbocycles. The molecule has 1 aliphatic carbocycles. The molecule has 0 unspecified atom stereocenters. The fraction of sp³-hybridized carbons (Fsp3) is 0.231. The number of rotatable bonds is 9. The van der Waals surface area contributed by atoms with E-state index in [9.17, 15) is 9.59 Å². The SMILES string of the molecule is O=C(Nc1cccc(C(=O)NCCc2ccc(OCc3ccccc3)cc2)c1)NC1CC1. The second kappa shape index (κ2) is 10.5. The maximum atomic E-state index is 12.5. The molecule has 164 valence electrons. The van der Waals surface area contributed by atoms with Crippen LogP contribution in [-0.4, -0.2) is 24.5 Å². The van der Waals surface area contributed by atoms with E-state index in [4.69, 9.17) is 4.74 Å². The van der Waals surface area contributed by atoms with E-state index >= 15 is 0 Å². The number of hydrogen-bond acceptors (Lipinski definition) is 3. The number of ether oxygens (including phenoxy) is 1. The van der Waals surface area contributed by atoms with Crippen molar-refractivity contribution in [1.82, 2.24) is 10.6 Å². The molecule has 6 heteroatoms. The first-order valence-corrected chi connectivity index (χ1v) is 10.9. The third kappa shape index (κ3) is 6.60. The van der Waals surface area contributed by atoms with Crippen LogP contribution >= 0.6 is 0 Å². The van der Waals surface area contributed by atoms with Crippen LogP contribution in [0.15, 0.2) is 78.9 Å². The number of urea groups is 1. The van der Waals surface area contributed by atoms with Gasteiger partial charge in [-0.05, 0) is 60.7 Å². The monoisotopic (exact) mass is 429 g/mol. The molecule has 1 aliphatic rings. The minimum absolute atomic E-state index is 0.168. The Kier molecular flexibility index (Phi) is 7.02. The largest absolute Gasteiger partial charge is 0.489 e. The van der Waals surface area contributed by atoms with Crippen LogP contribution in [-0.2, 0) is 13.0 Å². The molecule has 0 spiro atoms. The first-order chi connectivity index (χ1) is 15.7. The van der Waals surface area contributed by atoms with Crippen LogP contribution in [0.3, 0.4) is 0 Å². The molecule has 3 aromatic rings. The number of carbonyl (C=O) groups excluding carboxylic acids is 2. The molecule has 3 N–H and O–H groups in total. The molecular formula is C26H27N3O3. The van der Waals surface area contributed by atoms with Crippen molar-refractivity contribution in [2.24, 2.45) is 0 Å². The summed E-state index contributed by atoms with van der Waals surface area (Å²) in [5.74, 6) is 0.649.